The van der Waals surface area contributed by atoms with E-state index in [0.29, 0.717) is 0 Å². The molecule has 1 aliphatic heterocycles. The van der Waals surface area contributed by atoms with Crippen LogP contribution in [0.15, 0.2) is 11.8 Å². The molecule has 3 aliphatic rings. The maximum Gasteiger partial charge on any atom is 0.0172 e. The molecule has 1 heteroatoms. The molecule has 0 spiro atoms. The van der Waals surface area contributed by atoms with Crippen molar-refractivity contribution in [2.24, 2.45) is 11.8 Å². The lowest BCUT2D eigenvalue weighted by Crippen LogP contribution is -2.28. The summed E-state index contributed by atoms with van der Waals surface area (Å²) in [5.74, 6) is 1.88. The Morgan fingerprint density at radius 2 is 1.05 bits per heavy atom. The summed E-state index contributed by atoms with van der Waals surface area (Å²) in [6, 6.07) is 0. The van der Waals surface area contributed by atoms with Gasteiger partial charge in [-0.15, -0.1) is 0 Å². The number of rotatable bonds is 3. The van der Waals surface area contributed by atoms with Gasteiger partial charge in [0.25, 0.3) is 0 Å². The molecule has 1 nitrogen and oxygen atoms in total. The molecule has 20 heavy (non-hydrogen) atoms. The van der Waals surface area contributed by atoms with Gasteiger partial charge in [-0.1, -0.05) is 38.5 Å². The lowest BCUT2D eigenvalue weighted by molar-refractivity contribution is 0.281. The minimum atomic E-state index is 0.939. The molecule has 2 saturated carbocycles. The predicted molar refractivity (Wildman–Crippen MR) is 86.7 cm³/mol. The summed E-state index contributed by atoms with van der Waals surface area (Å²) in [4.78, 5) is 2.67. The SMILES string of the molecule is C(=C(C1CCCCC1)C1CCCCC1)N1CCCCC1. The third-order valence-corrected chi connectivity index (χ3v) is 5.88. The highest BCUT2D eigenvalue weighted by Crippen LogP contribution is 2.39. The van der Waals surface area contributed by atoms with Crippen molar-refractivity contribution in [2.45, 2.75) is 83.5 Å². The van der Waals surface area contributed by atoms with Crippen molar-refractivity contribution >= 4 is 0 Å². The van der Waals surface area contributed by atoms with Gasteiger partial charge in [-0.2, -0.15) is 0 Å². The van der Waals surface area contributed by atoms with Crippen molar-refractivity contribution < 1.29 is 0 Å². The van der Waals surface area contributed by atoms with Crippen LogP contribution in [0.3, 0.4) is 0 Å². The van der Waals surface area contributed by atoms with Crippen LogP contribution >= 0.6 is 0 Å². The van der Waals surface area contributed by atoms with Crippen molar-refractivity contribution in [1.82, 2.24) is 4.90 Å². The van der Waals surface area contributed by atoms with Gasteiger partial charge in [0, 0.05) is 13.1 Å². The molecule has 114 valence electrons. The maximum atomic E-state index is 2.67. The fourth-order valence-electron chi connectivity index (χ4n) is 4.67. The summed E-state index contributed by atoms with van der Waals surface area (Å²) in [6.45, 7) is 2.64. The molecule has 0 amide bonds. The zero-order valence-corrected chi connectivity index (χ0v) is 13.3. The molecule has 1 heterocycles. The van der Waals surface area contributed by atoms with Crippen LogP contribution in [0.4, 0.5) is 0 Å². The Morgan fingerprint density at radius 3 is 1.55 bits per heavy atom. The Bertz CT molecular complexity index is 282. The molecule has 0 atom stereocenters. The molecule has 0 aromatic heterocycles. The lowest BCUT2D eigenvalue weighted by atomic mass is 9.74. The Labute approximate surface area is 125 Å². The lowest BCUT2D eigenvalue weighted by Gasteiger charge is -2.35. The standard InChI is InChI=1S/C19H33N/c1-4-10-17(11-5-1)19(18-12-6-2-7-13-18)16-20-14-8-3-9-15-20/h16-18H,1-15H2. The largest absolute Gasteiger partial charge is 0.377 e. The van der Waals surface area contributed by atoms with E-state index < -0.39 is 0 Å². The van der Waals surface area contributed by atoms with Crippen LogP contribution in [-0.2, 0) is 0 Å². The molecule has 0 aromatic carbocycles. The quantitative estimate of drug-likeness (QED) is 0.656. The van der Waals surface area contributed by atoms with Gasteiger partial charge >= 0.3 is 0 Å². The molecule has 0 radical (unpaired) electrons. The van der Waals surface area contributed by atoms with Crippen LogP contribution in [0.5, 0.6) is 0 Å². The average Bonchev–Trinajstić information content (AvgIpc) is 2.55. The molecule has 0 aromatic rings. The molecule has 3 fully saturated rings. The Hall–Kier alpha value is -0.460. The average molecular weight is 275 g/mol. The van der Waals surface area contributed by atoms with E-state index in [1.807, 2.05) is 5.57 Å². The predicted octanol–water partition coefficient (Wildman–Crippen LogP) is 5.52. The molecular formula is C19H33N. The van der Waals surface area contributed by atoms with E-state index in [2.05, 4.69) is 11.1 Å². The molecule has 1 saturated heterocycles. The molecule has 0 bridgehead atoms. The monoisotopic (exact) mass is 275 g/mol. The number of allylic oxidation sites excluding steroid dienone is 1. The number of likely N-dealkylation sites (tertiary alicyclic amines) is 1. The third-order valence-electron chi connectivity index (χ3n) is 5.88. The van der Waals surface area contributed by atoms with Crippen molar-refractivity contribution in [2.75, 3.05) is 13.1 Å². The van der Waals surface area contributed by atoms with Crippen LogP contribution < -0.4 is 0 Å². The van der Waals surface area contributed by atoms with Crippen molar-refractivity contribution in [1.29, 1.82) is 0 Å². The molecular weight excluding hydrogens is 242 g/mol. The van der Waals surface area contributed by atoms with Gasteiger partial charge in [-0.25, -0.2) is 0 Å². The number of piperidine rings is 1. The Kier molecular flexibility index (Phi) is 5.44. The normalized spacial score (nSPS) is 26.5. The summed E-state index contributed by atoms with van der Waals surface area (Å²) < 4.78 is 0. The van der Waals surface area contributed by atoms with Crippen LogP contribution in [0.2, 0.25) is 0 Å². The highest BCUT2D eigenvalue weighted by molar-refractivity contribution is 5.12. The molecule has 2 aliphatic carbocycles. The second-order valence-corrected chi connectivity index (χ2v) is 7.40. The third kappa shape index (κ3) is 3.80. The summed E-state index contributed by atoms with van der Waals surface area (Å²) >= 11 is 0. The number of hydrogen-bond acceptors (Lipinski definition) is 1. The van der Waals surface area contributed by atoms with Crippen molar-refractivity contribution in [3.8, 4) is 0 Å². The Balaban J connectivity index is 1.71. The fourth-order valence-corrected chi connectivity index (χ4v) is 4.67. The van der Waals surface area contributed by atoms with Gasteiger partial charge in [-0.3, -0.25) is 0 Å². The number of hydrogen-bond donors (Lipinski definition) is 0. The van der Waals surface area contributed by atoms with Gasteiger partial charge in [0.15, 0.2) is 0 Å². The van der Waals surface area contributed by atoms with E-state index in [4.69, 9.17) is 0 Å². The molecule has 3 rings (SSSR count). The summed E-state index contributed by atoms with van der Waals surface area (Å²) in [5, 5.41) is 0. The number of nitrogens with zero attached hydrogens (tertiary/aromatic N) is 1. The molecule has 0 N–H and O–H groups in total. The van der Waals surface area contributed by atoms with Gasteiger partial charge in [0.1, 0.15) is 0 Å². The highest BCUT2D eigenvalue weighted by Gasteiger charge is 2.26. The Morgan fingerprint density at radius 1 is 0.600 bits per heavy atom. The minimum Gasteiger partial charge on any atom is -0.377 e. The van der Waals surface area contributed by atoms with Gasteiger partial charge < -0.3 is 4.90 Å². The van der Waals surface area contributed by atoms with E-state index in [-0.39, 0.29) is 0 Å². The first-order valence-corrected chi connectivity index (χ1v) is 9.39. The summed E-state index contributed by atoms with van der Waals surface area (Å²) in [6.07, 6.45) is 21.8. The van der Waals surface area contributed by atoms with Crippen LogP contribution in [0, 0.1) is 11.8 Å². The first-order chi connectivity index (χ1) is 9.93. The van der Waals surface area contributed by atoms with Crippen LogP contribution in [0.25, 0.3) is 0 Å². The smallest absolute Gasteiger partial charge is 0.0172 e. The first-order valence-electron chi connectivity index (χ1n) is 9.39. The fraction of sp³-hybridized carbons (Fsp3) is 0.895. The van der Waals surface area contributed by atoms with Gasteiger partial charge in [0.2, 0.25) is 0 Å². The second kappa shape index (κ2) is 7.52. The zero-order valence-electron chi connectivity index (χ0n) is 13.3. The minimum absolute atomic E-state index is 0.939. The van der Waals surface area contributed by atoms with Crippen LogP contribution in [0.1, 0.15) is 83.5 Å². The highest BCUT2D eigenvalue weighted by atomic mass is 15.1. The zero-order chi connectivity index (χ0) is 13.6. The second-order valence-electron chi connectivity index (χ2n) is 7.40. The first kappa shape index (κ1) is 14.5. The van der Waals surface area contributed by atoms with E-state index in [1.165, 1.54) is 96.6 Å². The van der Waals surface area contributed by atoms with Crippen molar-refractivity contribution in [3.63, 3.8) is 0 Å². The van der Waals surface area contributed by atoms with E-state index >= 15 is 0 Å². The maximum absolute atomic E-state index is 2.67. The summed E-state index contributed by atoms with van der Waals surface area (Å²) in [5.41, 5.74) is 1.88. The van der Waals surface area contributed by atoms with Gasteiger partial charge in [0.05, 0.1) is 0 Å². The summed E-state index contributed by atoms with van der Waals surface area (Å²) in [7, 11) is 0. The van der Waals surface area contributed by atoms with Crippen molar-refractivity contribution in [3.05, 3.63) is 11.8 Å². The van der Waals surface area contributed by atoms with E-state index in [0.717, 1.165) is 11.8 Å². The van der Waals surface area contributed by atoms with E-state index in [1.54, 1.807) is 0 Å². The molecule has 0 unspecified atom stereocenters. The topological polar surface area (TPSA) is 3.24 Å². The van der Waals surface area contributed by atoms with Gasteiger partial charge in [-0.05, 0) is 68.6 Å². The van der Waals surface area contributed by atoms with Crippen LogP contribution in [-0.4, -0.2) is 18.0 Å². The van der Waals surface area contributed by atoms with E-state index in [9.17, 15) is 0 Å².